The second-order valence-corrected chi connectivity index (χ2v) is 5.49. The van der Waals surface area contributed by atoms with E-state index in [2.05, 4.69) is 42.2 Å². The summed E-state index contributed by atoms with van der Waals surface area (Å²) in [5, 5.41) is 9.52. The molecule has 1 saturated heterocycles. The molecule has 0 aromatic heterocycles. The van der Waals surface area contributed by atoms with E-state index >= 15 is 0 Å². The quantitative estimate of drug-likeness (QED) is 0.774. The summed E-state index contributed by atoms with van der Waals surface area (Å²) >= 11 is 0. The first-order chi connectivity index (χ1) is 8.25. The van der Waals surface area contributed by atoms with Gasteiger partial charge in [-0.25, -0.2) is 0 Å². The normalized spacial score (nSPS) is 33.5. The smallest absolute Gasteiger partial charge is 0.110 e. The number of piperidine rings is 1. The number of likely N-dealkylation sites (tertiary alicyclic amines) is 1. The number of rotatable bonds is 2. The molecule has 1 heterocycles. The van der Waals surface area contributed by atoms with Gasteiger partial charge in [-0.15, -0.1) is 0 Å². The minimum atomic E-state index is -0.167. The van der Waals surface area contributed by atoms with Gasteiger partial charge in [-0.05, 0) is 37.7 Å². The molecular formula is C15H18N2. The largest absolute Gasteiger partial charge is 0.278 e. The highest BCUT2D eigenvalue weighted by Gasteiger charge is 2.52. The van der Waals surface area contributed by atoms with Gasteiger partial charge in [0, 0.05) is 12.6 Å². The maximum atomic E-state index is 9.52. The molecule has 1 aromatic rings. The van der Waals surface area contributed by atoms with Crippen molar-refractivity contribution in [3.63, 3.8) is 0 Å². The molecular weight excluding hydrogens is 208 g/mol. The Kier molecular flexibility index (Phi) is 2.45. The van der Waals surface area contributed by atoms with Gasteiger partial charge >= 0.3 is 0 Å². The van der Waals surface area contributed by atoms with Crippen molar-refractivity contribution in [3.05, 3.63) is 35.9 Å². The van der Waals surface area contributed by atoms with Crippen LogP contribution in [0.4, 0.5) is 0 Å². The molecule has 2 nitrogen and oxygen atoms in total. The van der Waals surface area contributed by atoms with E-state index in [1.165, 1.54) is 12.0 Å². The van der Waals surface area contributed by atoms with Crippen LogP contribution in [0.3, 0.4) is 0 Å². The number of benzene rings is 1. The van der Waals surface area contributed by atoms with Crippen molar-refractivity contribution in [1.29, 1.82) is 5.26 Å². The Morgan fingerprint density at radius 3 is 2.82 bits per heavy atom. The van der Waals surface area contributed by atoms with Crippen molar-refractivity contribution in [1.82, 2.24) is 4.90 Å². The maximum absolute atomic E-state index is 9.52. The minimum absolute atomic E-state index is 0.167. The first-order valence-electron chi connectivity index (χ1n) is 6.48. The van der Waals surface area contributed by atoms with Crippen LogP contribution in [0.5, 0.6) is 0 Å². The fourth-order valence-corrected chi connectivity index (χ4v) is 3.60. The van der Waals surface area contributed by atoms with E-state index in [-0.39, 0.29) is 5.54 Å². The van der Waals surface area contributed by atoms with Crippen LogP contribution in [0.1, 0.15) is 37.8 Å². The topological polar surface area (TPSA) is 27.0 Å². The molecule has 88 valence electrons. The van der Waals surface area contributed by atoms with Gasteiger partial charge in [-0.1, -0.05) is 30.3 Å². The average Bonchev–Trinajstić information content (AvgIpc) is 2.97. The van der Waals surface area contributed by atoms with Crippen molar-refractivity contribution in [3.8, 4) is 6.07 Å². The van der Waals surface area contributed by atoms with Crippen LogP contribution in [0.2, 0.25) is 0 Å². The highest BCUT2D eigenvalue weighted by molar-refractivity contribution is 5.24. The van der Waals surface area contributed by atoms with E-state index in [9.17, 15) is 5.26 Å². The lowest BCUT2D eigenvalue weighted by atomic mass is 9.95. The average molecular weight is 226 g/mol. The SMILES string of the molecule is C[C@@H](c1ccccc1)N1C[C@@H]2CC[C@@]1(C#N)C2. The van der Waals surface area contributed by atoms with E-state index in [1.807, 2.05) is 6.07 Å². The summed E-state index contributed by atoms with van der Waals surface area (Å²) in [7, 11) is 0. The van der Waals surface area contributed by atoms with Gasteiger partial charge in [0.25, 0.3) is 0 Å². The highest BCUT2D eigenvalue weighted by atomic mass is 15.3. The summed E-state index contributed by atoms with van der Waals surface area (Å²) in [6, 6.07) is 13.5. The molecule has 0 amide bonds. The van der Waals surface area contributed by atoms with Gasteiger partial charge < -0.3 is 0 Å². The summed E-state index contributed by atoms with van der Waals surface area (Å²) in [5.41, 5.74) is 1.16. The number of fused-ring (bicyclic) bond motifs is 2. The third-order valence-electron chi connectivity index (χ3n) is 4.55. The fraction of sp³-hybridized carbons (Fsp3) is 0.533. The van der Waals surface area contributed by atoms with Crippen LogP contribution in [-0.2, 0) is 0 Å². The van der Waals surface area contributed by atoms with Crippen LogP contribution in [0, 0.1) is 17.2 Å². The van der Waals surface area contributed by atoms with Gasteiger partial charge in [-0.3, -0.25) is 4.90 Å². The molecule has 1 aliphatic carbocycles. The molecule has 2 aliphatic rings. The number of hydrogen-bond acceptors (Lipinski definition) is 2. The first-order valence-corrected chi connectivity index (χ1v) is 6.48. The molecule has 3 atom stereocenters. The predicted molar refractivity (Wildman–Crippen MR) is 67.2 cm³/mol. The summed E-state index contributed by atoms with van der Waals surface area (Å²) in [4.78, 5) is 2.43. The van der Waals surface area contributed by atoms with E-state index < -0.39 is 0 Å². The second-order valence-electron chi connectivity index (χ2n) is 5.49. The van der Waals surface area contributed by atoms with E-state index in [0.717, 1.165) is 25.3 Å². The number of hydrogen-bond donors (Lipinski definition) is 0. The third-order valence-corrected chi connectivity index (χ3v) is 4.55. The molecule has 0 unspecified atom stereocenters. The molecule has 1 aliphatic heterocycles. The van der Waals surface area contributed by atoms with Crippen molar-refractivity contribution in [2.45, 2.75) is 37.8 Å². The Balaban J connectivity index is 1.89. The Bertz CT molecular complexity index is 448. The highest BCUT2D eigenvalue weighted by Crippen LogP contribution is 2.49. The molecule has 1 saturated carbocycles. The second kappa shape index (κ2) is 3.85. The Labute approximate surface area is 103 Å². The lowest BCUT2D eigenvalue weighted by Crippen LogP contribution is -2.44. The van der Waals surface area contributed by atoms with Gasteiger partial charge in [0.2, 0.25) is 0 Å². The van der Waals surface area contributed by atoms with Crippen LogP contribution >= 0.6 is 0 Å². The molecule has 2 bridgehead atoms. The lowest BCUT2D eigenvalue weighted by Gasteiger charge is -2.38. The first kappa shape index (κ1) is 10.8. The lowest BCUT2D eigenvalue weighted by molar-refractivity contribution is 0.114. The van der Waals surface area contributed by atoms with Crippen LogP contribution in [0.15, 0.2) is 30.3 Å². The summed E-state index contributed by atoms with van der Waals surface area (Å²) in [5.74, 6) is 0.751. The third kappa shape index (κ3) is 1.57. The van der Waals surface area contributed by atoms with Crippen LogP contribution in [0.25, 0.3) is 0 Å². The zero-order valence-electron chi connectivity index (χ0n) is 10.3. The molecule has 17 heavy (non-hydrogen) atoms. The zero-order valence-corrected chi connectivity index (χ0v) is 10.3. The molecule has 1 aromatic carbocycles. The van der Waals surface area contributed by atoms with E-state index in [0.29, 0.717) is 6.04 Å². The Morgan fingerprint density at radius 2 is 2.18 bits per heavy atom. The van der Waals surface area contributed by atoms with E-state index in [4.69, 9.17) is 0 Å². The molecule has 2 fully saturated rings. The zero-order chi connectivity index (χ0) is 11.9. The van der Waals surface area contributed by atoms with Crippen molar-refractivity contribution >= 4 is 0 Å². The molecule has 0 N–H and O–H groups in total. The Morgan fingerprint density at radius 1 is 1.41 bits per heavy atom. The van der Waals surface area contributed by atoms with Crippen molar-refractivity contribution < 1.29 is 0 Å². The summed E-state index contributed by atoms with van der Waals surface area (Å²) in [6.07, 6.45) is 3.39. The number of nitrogens with zero attached hydrogens (tertiary/aromatic N) is 2. The van der Waals surface area contributed by atoms with Crippen molar-refractivity contribution in [2.75, 3.05) is 6.54 Å². The summed E-state index contributed by atoms with van der Waals surface area (Å²) in [6.45, 7) is 3.33. The van der Waals surface area contributed by atoms with E-state index in [1.54, 1.807) is 0 Å². The molecule has 2 heteroatoms. The molecule has 0 spiro atoms. The maximum Gasteiger partial charge on any atom is 0.110 e. The van der Waals surface area contributed by atoms with Crippen LogP contribution in [-0.4, -0.2) is 17.0 Å². The van der Waals surface area contributed by atoms with Gasteiger partial charge in [-0.2, -0.15) is 5.26 Å². The van der Waals surface area contributed by atoms with Gasteiger partial charge in [0.1, 0.15) is 5.54 Å². The number of nitriles is 1. The minimum Gasteiger partial charge on any atom is -0.278 e. The van der Waals surface area contributed by atoms with Gasteiger partial charge in [0.15, 0.2) is 0 Å². The van der Waals surface area contributed by atoms with Gasteiger partial charge in [0.05, 0.1) is 6.07 Å². The predicted octanol–water partition coefficient (Wildman–Crippen LogP) is 3.13. The van der Waals surface area contributed by atoms with Crippen molar-refractivity contribution in [2.24, 2.45) is 5.92 Å². The van der Waals surface area contributed by atoms with Crippen LogP contribution < -0.4 is 0 Å². The fourth-order valence-electron chi connectivity index (χ4n) is 3.60. The monoisotopic (exact) mass is 226 g/mol. The molecule has 3 rings (SSSR count). The summed E-state index contributed by atoms with van der Waals surface area (Å²) < 4.78 is 0. The standard InChI is InChI=1S/C15H18N2/c1-12(14-5-3-2-4-6-14)17-10-13-7-8-15(17,9-13)11-16/h2-6,12-13H,7-10H2,1H3/t12-,13+,15-/m0/s1. The Hall–Kier alpha value is -1.33. The molecule has 0 radical (unpaired) electrons.